The summed E-state index contributed by atoms with van der Waals surface area (Å²) in [5, 5.41) is 7.92. The summed E-state index contributed by atoms with van der Waals surface area (Å²) < 4.78 is 47.1. The lowest BCUT2D eigenvalue weighted by atomic mass is 9.82. The molecule has 0 heterocycles. The van der Waals surface area contributed by atoms with Crippen molar-refractivity contribution < 1.29 is 26.7 Å². The molecule has 0 saturated heterocycles. The van der Waals surface area contributed by atoms with Gasteiger partial charge < -0.3 is 5.11 Å². The lowest BCUT2D eigenvalue weighted by Crippen LogP contribution is -2.35. The fourth-order valence-electron chi connectivity index (χ4n) is 2.18. The van der Waals surface area contributed by atoms with E-state index < -0.39 is 30.9 Å². The Labute approximate surface area is 113 Å². The average Bonchev–Trinajstić information content (AvgIpc) is 2.24. The van der Waals surface area contributed by atoms with Crippen LogP contribution >= 0.6 is 0 Å². The Balaban J connectivity index is 2.41. The molecule has 0 aliphatic heterocycles. The van der Waals surface area contributed by atoms with Gasteiger partial charge in [0.1, 0.15) is 0 Å². The van der Waals surface area contributed by atoms with Gasteiger partial charge >= 0.3 is 5.97 Å². The Morgan fingerprint density at radius 3 is 2.11 bits per heavy atom. The van der Waals surface area contributed by atoms with Crippen molar-refractivity contribution in [2.24, 2.45) is 11.8 Å². The molecule has 0 atom stereocenters. The first-order valence-electron chi connectivity index (χ1n) is 5.97. The number of carbonyl (C=O) groups is 1. The molecule has 1 rings (SSSR count). The minimum Gasteiger partial charge on any atom is -0.481 e. The number of sulfone groups is 1. The summed E-state index contributed by atoms with van der Waals surface area (Å²) in [5.41, 5.74) is 0. The Morgan fingerprint density at radius 2 is 1.68 bits per heavy atom. The summed E-state index contributed by atoms with van der Waals surface area (Å²) in [6, 6.07) is 0. The molecule has 0 bridgehead atoms. The number of sulfonamides is 1. The van der Waals surface area contributed by atoms with Crippen LogP contribution in [-0.4, -0.2) is 45.8 Å². The lowest BCUT2D eigenvalue weighted by Gasteiger charge is -2.26. The minimum atomic E-state index is -3.82. The summed E-state index contributed by atoms with van der Waals surface area (Å²) in [6.07, 6.45) is 3.21. The van der Waals surface area contributed by atoms with Crippen LogP contribution in [0.4, 0.5) is 0 Å². The monoisotopic (exact) mass is 313 g/mol. The third kappa shape index (κ3) is 6.35. The molecular weight excluding hydrogens is 294 g/mol. The van der Waals surface area contributed by atoms with Gasteiger partial charge in [-0.25, -0.2) is 21.6 Å². The highest BCUT2D eigenvalue weighted by atomic mass is 32.3. The smallest absolute Gasteiger partial charge is 0.306 e. The molecule has 0 aromatic heterocycles. The third-order valence-corrected chi connectivity index (χ3v) is 6.72. The third-order valence-electron chi connectivity index (χ3n) is 3.16. The van der Waals surface area contributed by atoms with Crippen molar-refractivity contribution in [3.63, 3.8) is 0 Å². The lowest BCUT2D eigenvalue weighted by molar-refractivity contribution is -0.143. The molecule has 1 aliphatic carbocycles. The second-order valence-electron chi connectivity index (χ2n) is 5.06. The maximum atomic E-state index is 11.5. The van der Waals surface area contributed by atoms with E-state index in [0.29, 0.717) is 25.7 Å². The molecule has 1 aliphatic rings. The maximum absolute atomic E-state index is 11.5. The van der Waals surface area contributed by atoms with Gasteiger partial charge in [0.2, 0.25) is 10.0 Å². The quantitative estimate of drug-likeness (QED) is 0.701. The Hall–Kier alpha value is -0.670. The molecule has 112 valence electrons. The molecule has 9 heteroatoms. The predicted octanol–water partition coefficient (Wildman–Crippen LogP) is -0.201. The van der Waals surface area contributed by atoms with E-state index in [2.05, 4.69) is 4.72 Å². The normalized spacial score (nSPS) is 25.1. The summed E-state index contributed by atoms with van der Waals surface area (Å²) in [6.45, 7) is 0.171. The standard InChI is InChI=1S/C10H19NO6S2/c1-18(14,15)7-19(16,17)11-6-8-2-4-9(5-3-8)10(12)13/h8-9,11H,2-7H2,1H3,(H,12,13). The van der Waals surface area contributed by atoms with Crippen LogP contribution in [-0.2, 0) is 24.7 Å². The van der Waals surface area contributed by atoms with Crippen molar-refractivity contribution in [2.45, 2.75) is 25.7 Å². The second-order valence-corrected chi connectivity index (χ2v) is 9.38. The first kappa shape index (κ1) is 16.4. The van der Waals surface area contributed by atoms with Crippen molar-refractivity contribution in [2.75, 3.05) is 17.9 Å². The highest BCUT2D eigenvalue weighted by Crippen LogP contribution is 2.28. The van der Waals surface area contributed by atoms with Gasteiger partial charge in [0.25, 0.3) is 0 Å². The van der Waals surface area contributed by atoms with E-state index in [1.165, 1.54) is 0 Å². The van der Waals surface area contributed by atoms with Crippen molar-refractivity contribution in [1.82, 2.24) is 4.72 Å². The first-order chi connectivity index (χ1) is 8.59. The first-order valence-corrected chi connectivity index (χ1v) is 9.68. The van der Waals surface area contributed by atoms with E-state index in [1.807, 2.05) is 0 Å². The highest BCUT2D eigenvalue weighted by molar-refractivity contribution is 8.06. The van der Waals surface area contributed by atoms with Crippen molar-refractivity contribution in [1.29, 1.82) is 0 Å². The van der Waals surface area contributed by atoms with E-state index in [4.69, 9.17) is 5.11 Å². The largest absolute Gasteiger partial charge is 0.481 e. The Morgan fingerprint density at radius 1 is 1.16 bits per heavy atom. The van der Waals surface area contributed by atoms with E-state index in [0.717, 1.165) is 6.26 Å². The SMILES string of the molecule is CS(=O)(=O)CS(=O)(=O)NCC1CCC(C(=O)O)CC1. The van der Waals surface area contributed by atoms with Gasteiger partial charge in [-0.15, -0.1) is 0 Å². The molecule has 7 nitrogen and oxygen atoms in total. The van der Waals surface area contributed by atoms with Gasteiger partial charge in [-0.3, -0.25) is 4.79 Å². The molecule has 19 heavy (non-hydrogen) atoms. The molecule has 1 saturated carbocycles. The van der Waals surface area contributed by atoms with Crippen molar-refractivity contribution >= 4 is 25.8 Å². The zero-order valence-corrected chi connectivity index (χ0v) is 12.3. The average molecular weight is 313 g/mol. The molecular formula is C10H19NO6S2. The van der Waals surface area contributed by atoms with E-state index in [9.17, 15) is 21.6 Å². The molecule has 2 N–H and O–H groups in total. The predicted molar refractivity (Wildman–Crippen MR) is 69.7 cm³/mol. The molecule has 0 spiro atoms. The number of rotatable bonds is 6. The Bertz CT molecular complexity index is 516. The van der Waals surface area contributed by atoms with Crippen LogP contribution in [0.2, 0.25) is 0 Å². The number of hydrogen-bond donors (Lipinski definition) is 2. The summed E-state index contributed by atoms with van der Waals surface area (Å²) >= 11 is 0. The summed E-state index contributed by atoms with van der Waals surface area (Å²) in [5.74, 6) is -1.08. The summed E-state index contributed by atoms with van der Waals surface area (Å²) in [4.78, 5) is 10.8. The fourth-order valence-corrected chi connectivity index (χ4v) is 5.26. The van der Waals surface area contributed by atoms with Crippen LogP contribution in [0.5, 0.6) is 0 Å². The second kappa shape index (κ2) is 6.19. The van der Waals surface area contributed by atoms with Crippen LogP contribution in [0.25, 0.3) is 0 Å². The van der Waals surface area contributed by atoms with E-state index >= 15 is 0 Å². The molecule has 0 aromatic carbocycles. The fraction of sp³-hybridized carbons (Fsp3) is 0.900. The Kier molecular flexibility index (Phi) is 5.34. The van der Waals surface area contributed by atoms with E-state index in [1.54, 1.807) is 0 Å². The topological polar surface area (TPSA) is 118 Å². The maximum Gasteiger partial charge on any atom is 0.306 e. The van der Waals surface area contributed by atoms with Crippen LogP contribution in [0, 0.1) is 11.8 Å². The summed E-state index contributed by atoms with van der Waals surface area (Å²) in [7, 11) is -7.41. The highest BCUT2D eigenvalue weighted by Gasteiger charge is 2.27. The zero-order valence-electron chi connectivity index (χ0n) is 10.7. The van der Waals surface area contributed by atoms with Crippen molar-refractivity contribution in [3.05, 3.63) is 0 Å². The zero-order chi connectivity index (χ0) is 14.7. The van der Waals surface area contributed by atoms with Gasteiger partial charge in [-0.1, -0.05) is 0 Å². The molecule has 1 fully saturated rings. The number of carboxylic acids is 1. The van der Waals surface area contributed by atoms with Crippen molar-refractivity contribution in [3.8, 4) is 0 Å². The van der Waals surface area contributed by atoms with E-state index in [-0.39, 0.29) is 18.4 Å². The molecule has 0 aromatic rings. The van der Waals surface area contributed by atoms with Crippen LogP contribution in [0.3, 0.4) is 0 Å². The number of hydrogen-bond acceptors (Lipinski definition) is 5. The molecule has 0 unspecified atom stereocenters. The number of nitrogens with one attached hydrogen (secondary N) is 1. The molecule has 0 radical (unpaired) electrons. The van der Waals surface area contributed by atoms with Crippen LogP contribution < -0.4 is 4.72 Å². The van der Waals surface area contributed by atoms with Crippen LogP contribution in [0.15, 0.2) is 0 Å². The van der Waals surface area contributed by atoms with Gasteiger partial charge in [-0.2, -0.15) is 0 Å². The van der Waals surface area contributed by atoms with Gasteiger partial charge in [0, 0.05) is 12.8 Å². The molecule has 0 amide bonds. The van der Waals surface area contributed by atoms with Gasteiger partial charge in [0.15, 0.2) is 14.9 Å². The van der Waals surface area contributed by atoms with Crippen LogP contribution in [0.1, 0.15) is 25.7 Å². The number of aliphatic carboxylic acids is 1. The minimum absolute atomic E-state index is 0.0740. The number of carboxylic acid groups (broad SMARTS) is 1. The van der Waals surface area contributed by atoms with Gasteiger partial charge in [-0.05, 0) is 31.6 Å². The van der Waals surface area contributed by atoms with Gasteiger partial charge in [0.05, 0.1) is 5.92 Å².